The number of amides is 3. The van der Waals surface area contributed by atoms with Gasteiger partial charge >= 0.3 is 6.03 Å². The molecule has 6 nitrogen and oxygen atoms in total. The Hall–Kier alpha value is -2.96. The van der Waals surface area contributed by atoms with Crippen LogP contribution in [0, 0.1) is 5.82 Å². The molecule has 3 amide bonds. The van der Waals surface area contributed by atoms with Gasteiger partial charge in [0, 0.05) is 6.20 Å². The summed E-state index contributed by atoms with van der Waals surface area (Å²) in [5.41, 5.74) is 2.40. The minimum Gasteiger partial charge on any atom is -0.331 e. The fourth-order valence-electron chi connectivity index (χ4n) is 2.75. The van der Waals surface area contributed by atoms with Crippen molar-refractivity contribution in [2.24, 2.45) is 0 Å². The highest BCUT2D eigenvalue weighted by Gasteiger charge is 2.24. The largest absolute Gasteiger partial charge is 0.331 e. The van der Waals surface area contributed by atoms with Gasteiger partial charge in [-0.3, -0.25) is 9.78 Å². The fourth-order valence-corrected chi connectivity index (χ4v) is 2.75. The molecule has 0 saturated carbocycles. The van der Waals surface area contributed by atoms with Gasteiger partial charge in [-0.15, -0.1) is 0 Å². The highest BCUT2D eigenvalue weighted by Crippen LogP contribution is 2.31. The third-order valence-electron chi connectivity index (χ3n) is 3.84. The Labute approximate surface area is 138 Å². The van der Waals surface area contributed by atoms with Crippen molar-refractivity contribution in [1.29, 1.82) is 0 Å². The molecule has 1 heterocycles. The maximum atomic E-state index is 13.2. The van der Waals surface area contributed by atoms with Crippen LogP contribution in [0.3, 0.4) is 0 Å². The molecule has 7 heteroatoms. The second-order valence-corrected chi connectivity index (χ2v) is 5.55. The number of halogens is 1. The van der Waals surface area contributed by atoms with Crippen LogP contribution >= 0.6 is 0 Å². The van der Waals surface area contributed by atoms with Gasteiger partial charge in [0.05, 0.1) is 24.5 Å². The van der Waals surface area contributed by atoms with E-state index in [0.29, 0.717) is 12.1 Å². The number of nitrogens with one attached hydrogen (secondary N) is 3. The van der Waals surface area contributed by atoms with E-state index in [1.54, 1.807) is 24.4 Å². The molecule has 3 rings (SSSR count). The molecule has 0 fully saturated rings. The third-order valence-corrected chi connectivity index (χ3v) is 3.84. The average Bonchev–Trinajstić information content (AvgIpc) is 2.96. The Morgan fingerprint density at radius 2 is 2.17 bits per heavy atom. The van der Waals surface area contributed by atoms with Crippen LogP contribution < -0.4 is 16.0 Å². The van der Waals surface area contributed by atoms with E-state index >= 15 is 0 Å². The maximum absolute atomic E-state index is 13.2. The predicted octanol–water partition coefficient (Wildman–Crippen LogP) is 2.15. The van der Waals surface area contributed by atoms with E-state index in [1.807, 2.05) is 0 Å². The maximum Gasteiger partial charge on any atom is 0.315 e. The van der Waals surface area contributed by atoms with Crippen LogP contribution in [0.1, 0.15) is 23.6 Å². The van der Waals surface area contributed by atoms with Crippen LogP contribution in [-0.4, -0.2) is 23.5 Å². The van der Waals surface area contributed by atoms with Gasteiger partial charge in [0.15, 0.2) is 0 Å². The van der Waals surface area contributed by atoms with Crippen LogP contribution in [0.2, 0.25) is 0 Å². The zero-order chi connectivity index (χ0) is 16.9. The molecular formula is C17H17FN4O2. The van der Waals surface area contributed by atoms with Gasteiger partial charge in [0.1, 0.15) is 5.82 Å². The SMILES string of the molecule is O=C(CNC(=O)N[C@@H]1CCc2cc(F)ccc21)Nc1cccnc1. The van der Waals surface area contributed by atoms with E-state index in [1.165, 1.54) is 18.3 Å². The van der Waals surface area contributed by atoms with E-state index < -0.39 is 6.03 Å². The lowest BCUT2D eigenvalue weighted by Crippen LogP contribution is -2.41. The number of nitrogens with zero attached hydrogens (tertiary/aromatic N) is 1. The van der Waals surface area contributed by atoms with Crippen molar-refractivity contribution < 1.29 is 14.0 Å². The van der Waals surface area contributed by atoms with Crippen molar-refractivity contribution in [3.8, 4) is 0 Å². The van der Waals surface area contributed by atoms with Gasteiger partial charge in [-0.1, -0.05) is 6.07 Å². The molecule has 124 valence electrons. The van der Waals surface area contributed by atoms with E-state index in [4.69, 9.17) is 0 Å². The topological polar surface area (TPSA) is 83.1 Å². The van der Waals surface area contributed by atoms with Gasteiger partial charge in [-0.05, 0) is 48.2 Å². The summed E-state index contributed by atoms with van der Waals surface area (Å²) < 4.78 is 13.2. The number of fused-ring (bicyclic) bond motifs is 1. The number of hydrogen-bond donors (Lipinski definition) is 3. The number of aryl methyl sites for hydroxylation is 1. The van der Waals surface area contributed by atoms with Crippen molar-refractivity contribution in [3.63, 3.8) is 0 Å². The van der Waals surface area contributed by atoms with Crippen LogP contribution in [0.4, 0.5) is 14.9 Å². The summed E-state index contributed by atoms with van der Waals surface area (Å²) in [6.07, 6.45) is 4.56. The molecule has 0 bridgehead atoms. The first-order chi connectivity index (χ1) is 11.6. The van der Waals surface area contributed by atoms with Gasteiger partial charge in [0.2, 0.25) is 5.91 Å². The smallest absolute Gasteiger partial charge is 0.315 e. The first-order valence-electron chi connectivity index (χ1n) is 7.64. The van der Waals surface area contributed by atoms with Gasteiger partial charge in [-0.2, -0.15) is 0 Å². The van der Waals surface area contributed by atoms with Gasteiger partial charge in [0.25, 0.3) is 0 Å². The van der Waals surface area contributed by atoms with Crippen molar-refractivity contribution in [1.82, 2.24) is 15.6 Å². The number of rotatable bonds is 4. The molecule has 1 atom stereocenters. The summed E-state index contributed by atoms with van der Waals surface area (Å²) in [7, 11) is 0. The zero-order valence-electron chi connectivity index (χ0n) is 12.9. The van der Waals surface area contributed by atoms with E-state index in [-0.39, 0.29) is 24.3 Å². The molecule has 1 aromatic heterocycles. The molecule has 1 aliphatic carbocycles. The summed E-state index contributed by atoms with van der Waals surface area (Å²) >= 11 is 0. The first-order valence-corrected chi connectivity index (χ1v) is 7.64. The van der Waals surface area contributed by atoms with Crippen molar-refractivity contribution in [3.05, 3.63) is 59.7 Å². The number of benzene rings is 1. The lowest BCUT2D eigenvalue weighted by molar-refractivity contribution is -0.115. The van der Waals surface area contributed by atoms with Gasteiger partial charge < -0.3 is 16.0 Å². The Morgan fingerprint density at radius 1 is 1.29 bits per heavy atom. The van der Waals surface area contributed by atoms with Crippen LogP contribution in [-0.2, 0) is 11.2 Å². The quantitative estimate of drug-likeness (QED) is 0.804. The van der Waals surface area contributed by atoms with E-state index in [2.05, 4.69) is 20.9 Å². The number of carbonyl (C=O) groups excluding carboxylic acids is 2. The Bertz CT molecular complexity index is 752. The molecule has 0 spiro atoms. The molecule has 3 N–H and O–H groups in total. The molecule has 1 aliphatic rings. The monoisotopic (exact) mass is 328 g/mol. The number of carbonyl (C=O) groups is 2. The molecule has 1 aromatic carbocycles. The van der Waals surface area contributed by atoms with Crippen LogP contribution in [0.5, 0.6) is 0 Å². The molecule has 0 aliphatic heterocycles. The van der Waals surface area contributed by atoms with Crippen LogP contribution in [0.25, 0.3) is 0 Å². The number of anilines is 1. The van der Waals surface area contributed by atoms with Crippen LogP contribution in [0.15, 0.2) is 42.7 Å². The number of aromatic nitrogens is 1. The molecule has 0 unspecified atom stereocenters. The number of urea groups is 1. The summed E-state index contributed by atoms with van der Waals surface area (Å²) in [6, 6.07) is 7.39. The molecule has 0 saturated heterocycles. The fraction of sp³-hybridized carbons (Fsp3) is 0.235. The van der Waals surface area contributed by atoms with Crippen molar-refractivity contribution >= 4 is 17.6 Å². The summed E-state index contributed by atoms with van der Waals surface area (Å²) in [4.78, 5) is 27.6. The predicted molar refractivity (Wildman–Crippen MR) is 86.9 cm³/mol. The lowest BCUT2D eigenvalue weighted by atomic mass is 10.1. The van der Waals surface area contributed by atoms with Gasteiger partial charge in [-0.25, -0.2) is 9.18 Å². The highest BCUT2D eigenvalue weighted by atomic mass is 19.1. The number of pyridine rings is 1. The van der Waals surface area contributed by atoms with Crippen molar-refractivity contribution in [2.75, 3.05) is 11.9 Å². The lowest BCUT2D eigenvalue weighted by Gasteiger charge is -2.15. The van der Waals surface area contributed by atoms with E-state index in [0.717, 1.165) is 17.5 Å². The first kappa shape index (κ1) is 15.9. The standard InChI is InChI=1S/C17H17FN4O2/c18-12-4-5-14-11(8-12)3-6-15(14)22-17(24)20-10-16(23)21-13-2-1-7-19-9-13/h1-2,4-5,7-9,15H,3,6,10H2,(H,21,23)(H2,20,22,24)/t15-/m1/s1. The normalized spacial score (nSPS) is 15.5. The molecule has 24 heavy (non-hydrogen) atoms. The highest BCUT2D eigenvalue weighted by molar-refractivity contribution is 5.94. The Balaban J connectivity index is 1.48. The minimum absolute atomic E-state index is 0.149. The third kappa shape index (κ3) is 3.87. The molecular weight excluding hydrogens is 311 g/mol. The summed E-state index contributed by atoms with van der Waals surface area (Å²) in [5, 5.41) is 7.95. The van der Waals surface area contributed by atoms with E-state index in [9.17, 15) is 14.0 Å². The average molecular weight is 328 g/mol. The Morgan fingerprint density at radius 3 is 2.96 bits per heavy atom. The second-order valence-electron chi connectivity index (χ2n) is 5.55. The van der Waals surface area contributed by atoms with Crippen molar-refractivity contribution in [2.45, 2.75) is 18.9 Å². The minimum atomic E-state index is -0.432. The summed E-state index contributed by atoms with van der Waals surface area (Å²) in [6.45, 7) is -0.149. The second kappa shape index (κ2) is 7.08. The summed E-state index contributed by atoms with van der Waals surface area (Å²) in [5.74, 6) is -0.613. The number of hydrogen-bond acceptors (Lipinski definition) is 3. The molecule has 0 radical (unpaired) electrons. The zero-order valence-corrected chi connectivity index (χ0v) is 12.9. The Kier molecular flexibility index (Phi) is 4.69. The molecule has 2 aromatic rings.